The quantitative estimate of drug-likeness (QED) is 0.717. The van der Waals surface area contributed by atoms with Gasteiger partial charge in [0.1, 0.15) is 0 Å². The Kier molecular flexibility index (Phi) is 3.22. The molecule has 16 heavy (non-hydrogen) atoms. The first-order valence-electron chi connectivity index (χ1n) is 6.26. The summed E-state index contributed by atoms with van der Waals surface area (Å²) in [5.74, 6) is 1.01. The smallest absolute Gasteiger partial charge is 0.0888 e. The Labute approximate surface area is 97.7 Å². The largest absolute Gasteiger partial charge is 0.392 e. The van der Waals surface area contributed by atoms with Crippen molar-refractivity contribution in [2.45, 2.75) is 44.6 Å². The van der Waals surface area contributed by atoms with E-state index >= 15 is 0 Å². The van der Waals surface area contributed by atoms with Crippen LogP contribution in [0.2, 0.25) is 0 Å². The van der Waals surface area contributed by atoms with E-state index in [0.29, 0.717) is 11.8 Å². The van der Waals surface area contributed by atoms with Crippen LogP contribution >= 0.6 is 0 Å². The summed E-state index contributed by atoms with van der Waals surface area (Å²) in [5.41, 5.74) is 1.44. The average Bonchev–Trinajstić information content (AvgIpc) is 2.83. The zero-order valence-corrected chi connectivity index (χ0v) is 10.1. The highest BCUT2D eigenvalue weighted by molar-refractivity contribution is 5.27. The SMILES string of the molecule is C=C1C2CCC(C2)C1(O)CC/C=C(\C)CO. The first-order valence-corrected chi connectivity index (χ1v) is 6.26. The van der Waals surface area contributed by atoms with E-state index in [4.69, 9.17) is 5.11 Å². The molecule has 0 heterocycles. The minimum absolute atomic E-state index is 0.116. The maximum atomic E-state index is 10.6. The lowest BCUT2D eigenvalue weighted by atomic mass is 9.78. The van der Waals surface area contributed by atoms with Gasteiger partial charge in [-0.1, -0.05) is 18.2 Å². The van der Waals surface area contributed by atoms with E-state index in [9.17, 15) is 5.11 Å². The zero-order chi connectivity index (χ0) is 11.8. The van der Waals surface area contributed by atoms with Crippen LogP contribution < -0.4 is 0 Å². The van der Waals surface area contributed by atoms with Crippen LogP contribution in [0.1, 0.15) is 39.0 Å². The molecule has 0 spiro atoms. The average molecular weight is 222 g/mol. The Bertz CT molecular complexity index is 319. The van der Waals surface area contributed by atoms with Gasteiger partial charge in [-0.25, -0.2) is 0 Å². The summed E-state index contributed by atoms with van der Waals surface area (Å²) >= 11 is 0. The Morgan fingerprint density at radius 3 is 2.88 bits per heavy atom. The number of hydrogen-bond acceptors (Lipinski definition) is 2. The van der Waals surface area contributed by atoms with Crippen molar-refractivity contribution in [2.75, 3.05) is 6.61 Å². The van der Waals surface area contributed by atoms with Crippen LogP contribution in [0.3, 0.4) is 0 Å². The van der Waals surface area contributed by atoms with Gasteiger partial charge in [0.05, 0.1) is 12.2 Å². The molecule has 0 aliphatic heterocycles. The summed E-state index contributed by atoms with van der Waals surface area (Å²) in [7, 11) is 0. The number of aliphatic hydroxyl groups excluding tert-OH is 1. The summed E-state index contributed by atoms with van der Waals surface area (Å²) in [6.45, 7) is 6.12. The molecule has 3 unspecified atom stereocenters. The van der Waals surface area contributed by atoms with Gasteiger partial charge >= 0.3 is 0 Å². The van der Waals surface area contributed by atoms with Crippen molar-refractivity contribution in [3.8, 4) is 0 Å². The predicted molar refractivity (Wildman–Crippen MR) is 65.0 cm³/mol. The zero-order valence-electron chi connectivity index (χ0n) is 10.1. The Balaban J connectivity index is 1.96. The monoisotopic (exact) mass is 222 g/mol. The number of fused-ring (bicyclic) bond motifs is 2. The third-order valence-electron chi connectivity index (χ3n) is 4.42. The molecular weight excluding hydrogens is 200 g/mol. The van der Waals surface area contributed by atoms with Crippen LogP contribution in [-0.4, -0.2) is 22.4 Å². The molecular formula is C14H22O2. The minimum Gasteiger partial charge on any atom is -0.392 e. The molecule has 2 aliphatic rings. The fourth-order valence-corrected chi connectivity index (χ4v) is 3.32. The second-order valence-electron chi connectivity index (χ2n) is 5.40. The van der Waals surface area contributed by atoms with Gasteiger partial charge in [-0.15, -0.1) is 0 Å². The molecule has 2 N–H and O–H groups in total. The maximum Gasteiger partial charge on any atom is 0.0888 e. The Morgan fingerprint density at radius 1 is 1.56 bits per heavy atom. The van der Waals surface area contributed by atoms with E-state index in [2.05, 4.69) is 6.58 Å². The normalized spacial score (nSPS) is 38.4. The lowest BCUT2D eigenvalue weighted by molar-refractivity contribution is 0.0208. The van der Waals surface area contributed by atoms with E-state index < -0.39 is 5.60 Å². The predicted octanol–water partition coefficient (Wildman–Crippen LogP) is 2.42. The van der Waals surface area contributed by atoms with Crippen LogP contribution in [-0.2, 0) is 0 Å². The van der Waals surface area contributed by atoms with Crippen LogP contribution in [0.5, 0.6) is 0 Å². The molecule has 90 valence electrons. The molecule has 0 amide bonds. The highest BCUT2D eigenvalue weighted by Gasteiger charge is 2.52. The van der Waals surface area contributed by atoms with Gasteiger partial charge in [-0.3, -0.25) is 0 Å². The van der Waals surface area contributed by atoms with Gasteiger partial charge in [0, 0.05) is 0 Å². The summed E-state index contributed by atoms with van der Waals surface area (Å²) in [5, 5.41) is 19.5. The highest BCUT2D eigenvalue weighted by atomic mass is 16.3. The summed E-state index contributed by atoms with van der Waals surface area (Å²) in [6, 6.07) is 0. The molecule has 2 fully saturated rings. The van der Waals surface area contributed by atoms with Gasteiger partial charge in [0.15, 0.2) is 0 Å². The fraction of sp³-hybridized carbons (Fsp3) is 0.714. The van der Waals surface area contributed by atoms with Gasteiger partial charge in [0.25, 0.3) is 0 Å². The maximum absolute atomic E-state index is 10.6. The van der Waals surface area contributed by atoms with E-state index in [0.717, 1.165) is 36.8 Å². The third kappa shape index (κ3) is 1.85. The van der Waals surface area contributed by atoms with Gasteiger partial charge in [-0.2, -0.15) is 0 Å². The molecule has 2 heteroatoms. The molecule has 3 atom stereocenters. The molecule has 0 aromatic carbocycles. The number of hydrogen-bond donors (Lipinski definition) is 2. The third-order valence-corrected chi connectivity index (χ3v) is 4.42. The van der Waals surface area contributed by atoms with E-state index in [1.165, 1.54) is 6.42 Å². The van der Waals surface area contributed by atoms with Crippen LogP contribution in [0.4, 0.5) is 0 Å². The van der Waals surface area contributed by atoms with Crippen molar-refractivity contribution in [1.29, 1.82) is 0 Å². The van der Waals surface area contributed by atoms with E-state index in [1.54, 1.807) is 0 Å². The molecule has 0 aromatic heterocycles. The van der Waals surface area contributed by atoms with Crippen molar-refractivity contribution < 1.29 is 10.2 Å². The number of aliphatic hydroxyl groups is 2. The molecule has 0 radical (unpaired) electrons. The second-order valence-corrected chi connectivity index (χ2v) is 5.40. The van der Waals surface area contributed by atoms with Crippen LogP contribution in [0.25, 0.3) is 0 Å². The number of allylic oxidation sites excluding steroid dienone is 1. The molecule has 2 aliphatic carbocycles. The molecule has 0 aromatic rings. The van der Waals surface area contributed by atoms with Gasteiger partial charge in [0.2, 0.25) is 0 Å². The lowest BCUT2D eigenvalue weighted by Gasteiger charge is -2.34. The number of rotatable bonds is 4. The van der Waals surface area contributed by atoms with Crippen molar-refractivity contribution in [3.63, 3.8) is 0 Å². The first-order chi connectivity index (χ1) is 7.58. The van der Waals surface area contributed by atoms with Crippen LogP contribution in [0, 0.1) is 11.8 Å². The molecule has 0 saturated heterocycles. The van der Waals surface area contributed by atoms with Crippen LogP contribution in [0.15, 0.2) is 23.8 Å². The first kappa shape index (κ1) is 11.9. The summed E-state index contributed by atoms with van der Waals surface area (Å²) in [6.07, 6.45) is 7.14. The van der Waals surface area contributed by atoms with Crippen molar-refractivity contribution in [1.82, 2.24) is 0 Å². The topological polar surface area (TPSA) is 40.5 Å². The molecule has 2 nitrogen and oxygen atoms in total. The van der Waals surface area contributed by atoms with E-state index in [1.807, 2.05) is 13.0 Å². The Hall–Kier alpha value is -0.600. The molecule has 2 bridgehead atoms. The summed E-state index contributed by atoms with van der Waals surface area (Å²) < 4.78 is 0. The van der Waals surface area contributed by atoms with Crippen molar-refractivity contribution in [3.05, 3.63) is 23.8 Å². The lowest BCUT2D eigenvalue weighted by Crippen LogP contribution is -2.36. The van der Waals surface area contributed by atoms with Crippen molar-refractivity contribution in [2.24, 2.45) is 11.8 Å². The fourth-order valence-electron chi connectivity index (χ4n) is 3.32. The van der Waals surface area contributed by atoms with E-state index in [-0.39, 0.29) is 6.61 Å². The minimum atomic E-state index is -0.616. The van der Waals surface area contributed by atoms with Gasteiger partial charge < -0.3 is 10.2 Å². The highest BCUT2D eigenvalue weighted by Crippen LogP contribution is 2.55. The second kappa shape index (κ2) is 4.34. The Morgan fingerprint density at radius 2 is 2.31 bits per heavy atom. The van der Waals surface area contributed by atoms with Gasteiger partial charge in [-0.05, 0) is 56.4 Å². The van der Waals surface area contributed by atoms with Crippen molar-refractivity contribution >= 4 is 0 Å². The summed E-state index contributed by atoms with van der Waals surface area (Å²) in [4.78, 5) is 0. The molecule has 2 rings (SSSR count). The standard InChI is InChI=1S/C14H22O2/c1-10(9-15)4-3-7-14(16)11(2)12-5-6-13(14)8-12/h4,12-13,15-16H,2-3,5-9H2,1H3/b10-4+. The molecule has 2 saturated carbocycles.